The van der Waals surface area contributed by atoms with E-state index in [9.17, 15) is 14.4 Å². The second kappa shape index (κ2) is 7.05. The Hall–Kier alpha value is -3.68. The van der Waals surface area contributed by atoms with Crippen LogP contribution >= 0.6 is 0 Å². The largest absolute Gasteiger partial charge is 0.497 e. The van der Waals surface area contributed by atoms with Gasteiger partial charge in [0.25, 0.3) is 5.91 Å². The van der Waals surface area contributed by atoms with E-state index in [0.29, 0.717) is 22.7 Å². The molecule has 0 fully saturated rings. The van der Waals surface area contributed by atoms with Gasteiger partial charge in [0.1, 0.15) is 5.75 Å². The normalized spacial score (nSPS) is 19.7. The molecular formula is C21H19N3O5. The second-order valence-corrected chi connectivity index (χ2v) is 6.91. The van der Waals surface area contributed by atoms with E-state index >= 15 is 0 Å². The van der Waals surface area contributed by atoms with Gasteiger partial charge in [0, 0.05) is 29.7 Å². The molecule has 2 aliphatic heterocycles. The van der Waals surface area contributed by atoms with Gasteiger partial charge < -0.3 is 15.2 Å². The molecule has 1 unspecified atom stereocenters. The first-order valence-corrected chi connectivity index (χ1v) is 9.13. The Morgan fingerprint density at radius 1 is 1.21 bits per heavy atom. The first-order valence-electron chi connectivity index (χ1n) is 9.13. The Labute approximate surface area is 166 Å². The molecule has 2 amide bonds. The minimum absolute atomic E-state index is 0.182. The standard InChI is InChI=1S/C21H19N3O5/c1-29-14-6-4-5-13(11-14)17-12-21(24(23-17)18(25)9-10-19(26)27)15-7-2-3-8-16(15)22-20(21)28/h2-8,11H,9-10,12H2,1H3,(H,22,28)(H,26,27). The van der Waals surface area contributed by atoms with Crippen LogP contribution in [0.15, 0.2) is 53.6 Å². The molecule has 4 rings (SSSR count). The quantitative estimate of drug-likeness (QED) is 0.811. The van der Waals surface area contributed by atoms with Crippen molar-refractivity contribution in [1.82, 2.24) is 5.01 Å². The van der Waals surface area contributed by atoms with Crippen molar-refractivity contribution in [1.29, 1.82) is 0 Å². The molecule has 0 bridgehead atoms. The number of nitrogens with one attached hydrogen (secondary N) is 1. The number of amides is 2. The SMILES string of the molecule is COc1cccc(C2=NN(C(=O)CCC(=O)O)C3(C2)C(=O)Nc2ccccc23)c1. The zero-order chi connectivity index (χ0) is 20.6. The Morgan fingerprint density at radius 2 is 2.00 bits per heavy atom. The molecule has 0 aromatic heterocycles. The van der Waals surface area contributed by atoms with Crippen LogP contribution in [0.5, 0.6) is 5.75 Å². The van der Waals surface area contributed by atoms with Crippen LogP contribution in [0.1, 0.15) is 30.4 Å². The van der Waals surface area contributed by atoms with Crippen molar-refractivity contribution in [3.8, 4) is 5.75 Å². The van der Waals surface area contributed by atoms with Gasteiger partial charge >= 0.3 is 5.97 Å². The second-order valence-electron chi connectivity index (χ2n) is 6.91. The molecule has 0 aliphatic carbocycles. The fraction of sp³-hybridized carbons (Fsp3) is 0.238. The van der Waals surface area contributed by atoms with Crippen LogP contribution in [-0.2, 0) is 19.9 Å². The highest BCUT2D eigenvalue weighted by molar-refractivity contribution is 6.15. The van der Waals surface area contributed by atoms with Gasteiger partial charge in [0.05, 0.1) is 19.2 Å². The summed E-state index contributed by atoms with van der Waals surface area (Å²) in [4.78, 5) is 37.0. The number of ether oxygens (including phenoxy) is 1. The number of hydrogen-bond donors (Lipinski definition) is 2. The molecule has 2 aromatic carbocycles. The number of fused-ring (bicyclic) bond motifs is 2. The number of methoxy groups -OCH3 is 1. The highest BCUT2D eigenvalue weighted by Crippen LogP contribution is 2.47. The average Bonchev–Trinajstić information content (AvgIpc) is 3.26. The molecule has 2 N–H and O–H groups in total. The number of anilines is 1. The summed E-state index contributed by atoms with van der Waals surface area (Å²) < 4.78 is 5.27. The zero-order valence-corrected chi connectivity index (χ0v) is 15.7. The summed E-state index contributed by atoms with van der Waals surface area (Å²) in [6.07, 6.45) is -0.401. The summed E-state index contributed by atoms with van der Waals surface area (Å²) in [5.41, 5.74) is 1.23. The van der Waals surface area contributed by atoms with Gasteiger partial charge in [-0.2, -0.15) is 5.10 Å². The summed E-state index contributed by atoms with van der Waals surface area (Å²) in [6.45, 7) is 0. The number of carboxylic acids is 1. The van der Waals surface area contributed by atoms with Crippen LogP contribution < -0.4 is 10.1 Å². The minimum atomic E-state index is -1.33. The number of benzene rings is 2. The van der Waals surface area contributed by atoms with E-state index in [1.165, 1.54) is 0 Å². The summed E-state index contributed by atoms with van der Waals surface area (Å²) in [6, 6.07) is 14.4. The zero-order valence-electron chi connectivity index (χ0n) is 15.7. The molecule has 2 heterocycles. The average molecular weight is 393 g/mol. The van der Waals surface area contributed by atoms with Gasteiger partial charge in [0.15, 0.2) is 5.54 Å². The summed E-state index contributed by atoms with van der Waals surface area (Å²) in [5.74, 6) is -1.33. The van der Waals surface area contributed by atoms with E-state index in [-0.39, 0.29) is 25.2 Å². The van der Waals surface area contributed by atoms with E-state index in [1.807, 2.05) is 6.07 Å². The maximum absolute atomic E-state index is 13.1. The Balaban J connectivity index is 1.80. The lowest BCUT2D eigenvalue weighted by Crippen LogP contribution is -2.48. The smallest absolute Gasteiger partial charge is 0.303 e. The molecule has 2 aliphatic rings. The van der Waals surface area contributed by atoms with E-state index in [0.717, 1.165) is 10.6 Å². The van der Waals surface area contributed by atoms with Crippen LogP contribution in [-0.4, -0.2) is 40.7 Å². The number of hydrogen-bond acceptors (Lipinski definition) is 5. The van der Waals surface area contributed by atoms with Crippen molar-refractivity contribution >= 4 is 29.2 Å². The lowest BCUT2D eigenvalue weighted by atomic mass is 9.85. The fourth-order valence-corrected chi connectivity index (χ4v) is 3.80. The van der Waals surface area contributed by atoms with Gasteiger partial charge in [-0.1, -0.05) is 30.3 Å². The van der Waals surface area contributed by atoms with Gasteiger partial charge in [-0.3, -0.25) is 14.4 Å². The molecule has 1 spiro atoms. The number of hydrazone groups is 1. The lowest BCUT2D eigenvalue weighted by molar-refractivity contribution is -0.146. The Morgan fingerprint density at radius 3 is 2.76 bits per heavy atom. The Kier molecular flexibility index (Phi) is 4.54. The fourth-order valence-electron chi connectivity index (χ4n) is 3.80. The molecule has 0 saturated carbocycles. The van der Waals surface area contributed by atoms with Crippen molar-refractivity contribution in [2.75, 3.05) is 12.4 Å². The predicted octanol–water partition coefficient (Wildman–Crippen LogP) is 2.34. The van der Waals surface area contributed by atoms with Crippen molar-refractivity contribution in [3.05, 3.63) is 59.7 Å². The number of carboxylic acid groups (broad SMARTS) is 1. The Bertz CT molecular complexity index is 1050. The first-order chi connectivity index (χ1) is 14.0. The summed E-state index contributed by atoms with van der Waals surface area (Å²) in [5, 5.41) is 17.4. The highest BCUT2D eigenvalue weighted by atomic mass is 16.5. The first kappa shape index (κ1) is 18.7. The molecule has 8 nitrogen and oxygen atoms in total. The molecule has 29 heavy (non-hydrogen) atoms. The van der Waals surface area contributed by atoms with Crippen LogP contribution in [0.25, 0.3) is 0 Å². The number of carbonyl (C=O) groups is 3. The van der Waals surface area contributed by atoms with Crippen molar-refractivity contribution in [2.45, 2.75) is 24.8 Å². The van der Waals surface area contributed by atoms with Crippen molar-refractivity contribution < 1.29 is 24.2 Å². The van der Waals surface area contributed by atoms with E-state index < -0.39 is 17.4 Å². The summed E-state index contributed by atoms with van der Waals surface area (Å²) >= 11 is 0. The van der Waals surface area contributed by atoms with Gasteiger partial charge in [-0.25, -0.2) is 5.01 Å². The van der Waals surface area contributed by atoms with Crippen LogP contribution in [0, 0.1) is 0 Å². The predicted molar refractivity (Wildman–Crippen MR) is 105 cm³/mol. The van der Waals surface area contributed by atoms with E-state index in [4.69, 9.17) is 9.84 Å². The van der Waals surface area contributed by atoms with Crippen molar-refractivity contribution in [2.24, 2.45) is 5.10 Å². The third-order valence-electron chi connectivity index (χ3n) is 5.19. The third-order valence-corrected chi connectivity index (χ3v) is 5.19. The van der Waals surface area contributed by atoms with E-state index in [1.54, 1.807) is 49.6 Å². The van der Waals surface area contributed by atoms with Crippen molar-refractivity contribution in [3.63, 3.8) is 0 Å². The molecule has 8 heteroatoms. The number of aliphatic carboxylic acids is 1. The van der Waals surface area contributed by atoms with Crippen LogP contribution in [0.4, 0.5) is 5.69 Å². The number of carbonyl (C=O) groups excluding carboxylic acids is 2. The molecular weight excluding hydrogens is 374 g/mol. The van der Waals surface area contributed by atoms with Gasteiger partial charge in [0.2, 0.25) is 5.91 Å². The van der Waals surface area contributed by atoms with E-state index in [2.05, 4.69) is 10.4 Å². The van der Waals surface area contributed by atoms with Crippen LogP contribution in [0.2, 0.25) is 0 Å². The number of nitrogens with zero attached hydrogens (tertiary/aromatic N) is 2. The monoisotopic (exact) mass is 393 g/mol. The van der Waals surface area contributed by atoms with Gasteiger partial charge in [-0.15, -0.1) is 0 Å². The summed E-state index contributed by atoms with van der Waals surface area (Å²) in [7, 11) is 1.56. The molecule has 148 valence electrons. The third kappa shape index (κ3) is 3.02. The van der Waals surface area contributed by atoms with Gasteiger partial charge in [-0.05, 0) is 18.2 Å². The number of para-hydroxylation sites is 1. The highest BCUT2D eigenvalue weighted by Gasteiger charge is 2.57. The van der Waals surface area contributed by atoms with Crippen LogP contribution in [0.3, 0.4) is 0 Å². The lowest BCUT2D eigenvalue weighted by Gasteiger charge is -2.30. The maximum Gasteiger partial charge on any atom is 0.303 e. The maximum atomic E-state index is 13.1. The molecule has 1 atom stereocenters. The topological polar surface area (TPSA) is 108 Å². The molecule has 2 aromatic rings. The molecule has 0 radical (unpaired) electrons. The minimum Gasteiger partial charge on any atom is -0.497 e. The number of rotatable bonds is 5. The molecule has 0 saturated heterocycles.